The molecule has 0 spiro atoms. The third-order valence-corrected chi connectivity index (χ3v) is 4.09. The largest absolute Gasteiger partial charge is 0.480 e. The number of carbonyl (C=O) groups is 2. The number of benzene rings is 1. The van der Waals surface area contributed by atoms with Gasteiger partial charge in [-0.05, 0) is 55.9 Å². The molecular weight excluding hydrogens is 256 g/mol. The Labute approximate surface area is 118 Å². The van der Waals surface area contributed by atoms with Gasteiger partial charge < -0.3 is 16.2 Å². The van der Waals surface area contributed by atoms with Crippen LogP contribution in [0.4, 0.5) is 5.69 Å². The van der Waals surface area contributed by atoms with E-state index in [0.29, 0.717) is 30.0 Å². The second-order valence-corrected chi connectivity index (χ2v) is 5.64. The molecule has 0 heterocycles. The summed E-state index contributed by atoms with van der Waals surface area (Å²) < 4.78 is 0. The highest BCUT2D eigenvalue weighted by molar-refractivity contribution is 5.93. The summed E-state index contributed by atoms with van der Waals surface area (Å²) >= 11 is 0. The average Bonchev–Trinajstić information content (AvgIpc) is 2.42. The van der Waals surface area contributed by atoms with Gasteiger partial charge in [0.15, 0.2) is 0 Å². The predicted molar refractivity (Wildman–Crippen MR) is 76.6 cm³/mol. The Balaban J connectivity index is 2.16. The lowest BCUT2D eigenvalue weighted by Crippen LogP contribution is -2.48. The van der Waals surface area contributed by atoms with Crippen molar-refractivity contribution in [1.82, 2.24) is 0 Å². The van der Waals surface area contributed by atoms with Crippen LogP contribution in [-0.2, 0) is 4.79 Å². The Kier molecular flexibility index (Phi) is 3.97. The van der Waals surface area contributed by atoms with Gasteiger partial charge in [-0.15, -0.1) is 0 Å². The first kappa shape index (κ1) is 14.4. The SMILES string of the molecule is CC1CCC(Nc2ccc(C(N)=O)cc2)(C(=O)O)CC1. The highest BCUT2D eigenvalue weighted by atomic mass is 16.4. The molecule has 20 heavy (non-hydrogen) atoms. The second kappa shape index (κ2) is 5.53. The van der Waals surface area contributed by atoms with Crippen LogP contribution >= 0.6 is 0 Å². The van der Waals surface area contributed by atoms with E-state index in [1.54, 1.807) is 24.3 Å². The standard InChI is InChI=1S/C15H20N2O3/c1-10-6-8-15(9-7-10,14(19)20)17-12-4-2-11(3-5-12)13(16)18/h2-5,10,17H,6-9H2,1H3,(H2,16,18)(H,19,20). The molecule has 0 aliphatic heterocycles. The zero-order chi connectivity index (χ0) is 14.8. The van der Waals surface area contributed by atoms with Crippen molar-refractivity contribution in [3.05, 3.63) is 29.8 Å². The molecule has 1 aromatic carbocycles. The molecule has 4 N–H and O–H groups in total. The van der Waals surface area contributed by atoms with E-state index in [2.05, 4.69) is 12.2 Å². The van der Waals surface area contributed by atoms with Crippen LogP contribution in [0, 0.1) is 5.92 Å². The lowest BCUT2D eigenvalue weighted by atomic mass is 9.77. The van der Waals surface area contributed by atoms with Gasteiger partial charge in [0.2, 0.25) is 5.91 Å². The topological polar surface area (TPSA) is 92.4 Å². The Morgan fingerprint density at radius 3 is 2.25 bits per heavy atom. The third kappa shape index (κ3) is 2.92. The summed E-state index contributed by atoms with van der Waals surface area (Å²) in [6.45, 7) is 2.15. The Bertz CT molecular complexity index is 502. The summed E-state index contributed by atoms with van der Waals surface area (Å²) in [5.41, 5.74) is 5.40. The van der Waals surface area contributed by atoms with Gasteiger partial charge in [-0.2, -0.15) is 0 Å². The average molecular weight is 276 g/mol. The highest BCUT2D eigenvalue weighted by Gasteiger charge is 2.41. The Hall–Kier alpha value is -2.04. The predicted octanol–water partition coefficient (Wildman–Crippen LogP) is 2.23. The van der Waals surface area contributed by atoms with E-state index >= 15 is 0 Å². The first-order valence-corrected chi connectivity index (χ1v) is 6.84. The molecule has 1 fully saturated rings. The highest BCUT2D eigenvalue weighted by Crippen LogP contribution is 2.35. The fraction of sp³-hybridized carbons (Fsp3) is 0.467. The molecule has 2 rings (SSSR count). The molecule has 1 amide bonds. The maximum Gasteiger partial charge on any atom is 0.329 e. The van der Waals surface area contributed by atoms with Crippen LogP contribution < -0.4 is 11.1 Å². The maximum atomic E-state index is 11.6. The van der Waals surface area contributed by atoms with Crippen molar-refractivity contribution in [1.29, 1.82) is 0 Å². The van der Waals surface area contributed by atoms with Gasteiger partial charge in [-0.3, -0.25) is 4.79 Å². The zero-order valence-electron chi connectivity index (χ0n) is 11.6. The monoisotopic (exact) mass is 276 g/mol. The van der Waals surface area contributed by atoms with E-state index in [1.807, 2.05) is 0 Å². The number of hydrogen-bond donors (Lipinski definition) is 3. The summed E-state index contributed by atoms with van der Waals surface area (Å²) in [6, 6.07) is 6.60. The summed E-state index contributed by atoms with van der Waals surface area (Å²) in [5.74, 6) is -0.735. The number of carbonyl (C=O) groups excluding carboxylic acids is 1. The molecular formula is C15H20N2O3. The normalized spacial score (nSPS) is 25.9. The minimum absolute atomic E-state index is 0.414. The quantitative estimate of drug-likeness (QED) is 0.786. The van der Waals surface area contributed by atoms with E-state index in [9.17, 15) is 14.7 Å². The van der Waals surface area contributed by atoms with Crippen molar-refractivity contribution in [2.75, 3.05) is 5.32 Å². The molecule has 0 radical (unpaired) electrons. The Morgan fingerprint density at radius 1 is 1.25 bits per heavy atom. The minimum atomic E-state index is -0.902. The van der Waals surface area contributed by atoms with Gasteiger partial charge in [0.1, 0.15) is 5.54 Å². The molecule has 0 aromatic heterocycles. The van der Waals surface area contributed by atoms with Gasteiger partial charge >= 0.3 is 5.97 Å². The van der Waals surface area contributed by atoms with Gasteiger partial charge in [0.05, 0.1) is 0 Å². The van der Waals surface area contributed by atoms with Gasteiger partial charge in [-0.25, -0.2) is 4.79 Å². The number of rotatable bonds is 4. The Morgan fingerprint density at radius 2 is 1.80 bits per heavy atom. The molecule has 5 nitrogen and oxygen atoms in total. The number of aliphatic carboxylic acids is 1. The van der Waals surface area contributed by atoms with Crippen molar-refractivity contribution in [3.8, 4) is 0 Å². The molecule has 5 heteroatoms. The molecule has 0 bridgehead atoms. The van der Waals surface area contributed by atoms with Crippen molar-refractivity contribution in [2.45, 2.75) is 38.1 Å². The van der Waals surface area contributed by atoms with Crippen LogP contribution in [0.15, 0.2) is 24.3 Å². The fourth-order valence-electron chi connectivity index (χ4n) is 2.64. The summed E-state index contributed by atoms with van der Waals surface area (Å²) in [7, 11) is 0. The van der Waals surface area contributed by atoms with Crippen molar-refractivity contribution in [2.24, 2.45) is 11.7 Å². The van der Waals surface area contributed by atoms with Gasteiger partial charge in [0.25, 0.3) is 0 Å². The first-order valence-electron chi connectivity index (χ1n) is 6.84. The zero-order valence-corrected chi connectivity index (χ0v) is 11.6. The smallest absolute Gasteiger partial charge is 0.329 e. The van der Waals surface area contributed by atoms with E-state index in [-0.39, 0.29) is 0 Å². The number of carboxylic acids is 1. The molecule has 1 saturated carbocycles. The molecule has 0 atom stereocenters. The maximum absolute atomic E-state index is 11.6. The lowest BCUT2D eigenvalue weighted by Gasteiger charge is -2.37. The number of nitrogens with one attached hydrogen (secondary N) is 1. The summed E-state index contributed by atoms with van der Waals surface area (Å²) in [6.07, 6.45) is 3.03. The van der Waals surface area contributed by atoms with Crippen molar-refractivity contribution < 1.29 is 14.7 Å². The summed E-state index contributed by atoms with van der Waals surface area (Å²) in [4.78, 5) is 22.6. The van der Waals surface area contributed by atoms with Crippen LogP contribution in [0.1, 0.15) is 43.0 Å². The van der Waals surface area contributed by atoms with E-state index in [0.717, 1.165) is 12.8 Å². The molecule has 108 valence electrons. The van der Waals surface area contributed by atoms with Crippen molar-refractivity contribution in [3.63, 3.8) is 0 Å². The molecule has 1 aliphatic rings. The van der Waals surface area contributed by atoms with E-state index < -0.39 is 17.4 Å². The van der Waals surface area contributed by atoms with Crippen LogP contribution in [0.2, 0.25) is 0 Å². The molecule has 1 aliphatic carbocycles. The first-order chi connectivity index (χ1) is 9.43. The van der Waals surface area contributed by atoms with E-state index in [4.69, 9.17) is 5.73 Å². The van der Waals surface area contributed by atoms with Crippen LogP contribution in [0.5, 0.6) is 0 Å². The number of anilines is 1. The number of hydrogen-bond acceptors (Lipinski definition) is 3. The number of nitrogens with two attached hydrogens (primary N) is 1. The van der Waals surface area contributed by atoms with Crippen LogP contribution in [-0.4, -0.2) is 22.5 Å². The minimum Gasteiger partial charge on any atom is -0.480 e. The number of amides is 1. The van der Waals surface area contributed by atoms with Gasteiger partial charge in [-0.1, -0.05) is 6.92 Å². The molecule has 1 aromatic rings. The molecule has 0 saturated heterocycles. The third-order valence-electron chi connectivity index (χ3n) is 4.09. The van der Waals surface area contributed by atoms with Crippen LogP contribution in [0.3, 0.4) is 0 Å². The van der Waals surface area contributed by atoms with E-state index in [1.165, 1.54) is 0 Å². The fourth-order valence-corrected chi connectivity index (χ4v) is 2.64. The number of carboxylic acid groups (broad SMARTS) is 1. The van der Waals surface area contributed by atoms with Crippen LogP contribution in [0.25, 0.3) is 0 Å². The second-order valence-electron chi connectivity index (χ2n) is 5.64. The van der Waals surface area contributed by atoms with Crippen molar-refractivity contribution >= 4 is 17.6 Å². The lowest BCUT2D eigenvalue weighted by molar-refractivity contribution is -0.143. The van der Waals surface area contributed by atoms with Gasteiger partial charge in [0, 0.05) is 11.3 Å². The number of primary amides is 1. The molecule has 0 unspecified atom stereocenters. The summed E-state index contributed by atoms with van der Waals surface area (Å²) in [5, 5.41) is 12.7.